The van der Waals surface area contributed by atoms with Gasteiger partial charge in [0, 0.05) is 0 Å². The number of hydrogen-bond donors (Lipinski definition) is 0. The second kappa shape index (κ2) is 5.38. The van der Waals surface area contributed by atoms with E-state index in [4.69, 9.17) is 16.9 Å². The molecule has 0 aliphatic heterocycles. The van der Waals surface area contributed by atoms with Crippen LogP contribution in [0.5, 0.6) is 0 Å². The molecule has 2 nitrogen and oxygen atoms in total. The fraction of sp³-hybridized carbons (Fsp3) is 0.182. The third kappa shape index (κ3) is 2.71. The molecule has 0 spiro atoms. The van der Waals surface area contributed by atoms with Crippen LogP contribution in [-0.4, -0.2) is 7.11 Å². The van der Waals surface area contributed by atoms with Crippen molar-refractivity contribution >= 4 is 11.6 Å². The molecule has 78 valence electrons. The Balaban J connectivity index is 3.01. The molecule has 1 aromatic carbocycles. The molecule has 0 radical (unpaired) electrons. The third-order valence-corrected chi connectivity index (χ3v) is 2.17. The van der Waals surface area contributed by atoms with Gasteiger partial charge in [-0.25, -0.2) is 4.39 Å². The van der Waals surface area contributed by atoms with E-state index in [2.05, 4.69) is 4.74 Å². The Morgan fingerprint density at radius 3 is 2.93 bits per heavy atom. The van der Waals surface area contributed by atoms with Gasteiger partial charge in [0.25, 0.3) is 0 Å². The first-order chi connectivity index (χ1) is 7.20. The van der Waals surface area contributed by atoms with E-state index in [-0.39, 0.29) is 10.6 Å². The Hall–Kier alpha value is -1.53. The lowest BCUT2D eigenvalue weighted by Crippen LogP contribution is -1.93. The number of ether oxygens (including phenoxy) is 1. The summed E-state index contributed by atoms with van der Waals surface area (Å²) in [6.07, 6.45) is 3.49. The van der Waals surface area contributed by atoms with Crippen molar-refractivity contribution in [1.82, 2.24) is 0 Å². The van der Waals surface area contributed by atoms with E-state index in [1.165, 1.54) is 19.4 Å². The van der Waals surface area contributed by atoms with Gasteiger partial charge in [0.1, 0.15) is 17.4 Å². The van der Waals surface area contributed by atoms with Gasteiger partial charge in [-0.15, -0.1) is 0 Å². The van der Waals surface area contributed by atoms with E-state index in [0.717, 1.165) is 0 Å². The van der Waals surface area contributed by atoms with E-state index in [9.17, 15) is 4.39 Å². The van der Waals surface area contributed by atoms with Crippen LogP contribution in [0.1, 0.15) is 11.1 Å². The minimum atomic E-state index is -0.564. The highest BCUT2D eigenvalue weighted by molar-refractivity contribution is 6.31. The maximum atomic E-state index is 13.6. The molecule has 4 heteroatoms. The number of nitrogens with zero attached hydrogens (tertiary/aromatic N) is 1. The lowest BCUT2D eigenvalue weighted by atomic mass is 10.1. The first-order valence-electron chi connectivity index (χ1n) is 4.25. The maximum Gasteiger partial charge on any atom is 0.145 e. The first kappa shape index (κ1) is 11.5. The standard InChI is InChI=1S/C11H9ClFNO/c1-15-6-2-3-8-4-5-10(12)9(7-14)11(8)13/h2,4-6H,3H2,1H3/b6-2+. The molecule has 0 atom stereocenters. The number of hydrogen-bond acceptors (Lipinski definition) is 2. The summed E-state index contributed by atoms with van der Waals surface area (Å²) in [5, 5.41) is 8.81. The molecule has 0 amide bonds. The number of halogens is 2. The Morgan fingerprint density at radius 1 is 1.60 bits per heavy atom. The third-order valence-electron chi connectivity index (χ3n) is 1.85. The molecule has 0 heterocycles. The highest BCUT2D eigenvalue weighted by atomic mass is 35.5. The van der Waals surface area contributed by atoms with Crippen molar-refractivity contribution in [3.63, 3.8) is 0 Å². The van der Waals surface area contributed by atoms with E-state index in [0.29, 0.717) is 12.0 Å². The van der Waals surface area contributed by atoms with Crippen LogP contribution in [0.4, 0.5) is 4.39 Å². The summed E-state index contributed by atoms with van der Waals surface area (Å²) in [4.78, 5) is 0. The number of benzene rings is 1. The first-order valence-corrected chi connectivity index (χ1v) is 4.63. The molecule has 0 unspecified atom stereocenters. The van der Waals surface area contributed by atoms with Crippen LogP contribution in [0, 0.1) is 17.1 Å². The molecule has 0 aliphatic carbocycles. The summed E-state index contributed by atoms with van der Waals surface area (Å²) >= 11 is 5.66. The van der Waals surface area contributed by atoms with Gasteiger partial charge in [0.2, 0.25) is 0 Å². The van der Waals surface area contributed by atoms with Crippen LogP contribution in [0.15, 0.2) is 24.5 Å². The van der Waals surface area contributed by atoms with Crippen molar-refractivity contribution in [1.29, 1.82) is 5.26 Å². The molecule has 0 bridgehead atoms. The van der Waals surface area contributed by atoms with Crippen molar-refractivity contribution < 1.29 is 9.13 Å². The molecule has 0 saturated carbocycles. The van der Waals surface area contributed by atoms with Crippen LogP contribution in [-0.2, 0) is 11.2 Å². The number of methoxy groups -OCH3 is 1. The molecule has 0 saturated heterocycles. The van der Waals surface area contributed by atoms with Crippen LogP contribution in [0.25, 0.3) is 0 Å². The Kier molecular flexibility index (Phi) is 4.14. The van der Waals surface area contributed by atoms with Gasteiger partial charge < -0.3 is 4.74 Å². The lowest BCUT2D eigenvalue weighted by Gasteiger charge is -2.02. The second-order valence-electron chi connectivity index (χ2n) is 2.82. The van der Waals surface area contributed by atoms with Gasteiger partial charge in [-0.2, -0.15) is 5.26 Å². The predicted octanol–water partition coefficient (Wildman–Crippen LogP) is 3.05. The molecular formula is C11H9ClFNO. The van der Waals surface area contributed by atoms with Gasteiger partial charge in [0.15, 0.2) is 0 Å². The summed E-state index contributed by atoms with van der Waals surface area (Å²) in [7, 11) is 1.51. The number of rotatable bonds is 3. The van der Waals surface area contributed by atoms with E-state index < -0.39 is 5.82 Å². The quantitative estimate of drug-likeness (QED) is 0.741. The normalized spacial score (nSPS) is 10.3. The number of nitriles is 1. The van der Waals surface area contributed by atoms with Crippen LogP contribution >= 0.6 is 11.6 Å². The average molecular weight is 226 g/mol. The smallest absolute Gasteiger partial charge is 0.145 e. The van der Waals surface area contributed by atoms with E-state index in [1.807, 2.05) is 0 Å². The molecule has 15 heavy (non-hydrogen) atoms. The minimum Gasteiger partial charge on any atom is -0.505 e. The Morgan fingerprint density at radius 2 is 2.33 bits per heavy atom. The van der Waals surface area contributed by atoms with Gasteiger partial charge in [-0.1, -0.05) is 17.7 Å². The van der Waals surface area contributed by atoms with Crippen molar-refractivity contribution in [3.8, 4) is 6.07 Å². The van der Waals surface area contributed by atoms with Gasteiger partial charge in [-0.05, 0) is 24.1 Å². The van der Waals surface area contributed by atoms with Crippen LogP contribution in [0.2, 0.25) is 5.02 Å². The van der Waals surface area contributed by atoms with Crippen molar-refractivity contribution in [2.75, 3.05) is 7.11 Å². The molecule has 1 aromatic rings. The summed E-state index contributed by atoms with van der Waals surface area (Å²) in [5.74, 6) is -0.564. The molecule has 1 rings (SSSR count). The lowest BCUT2D eigenvalue weighted by molar-refractivity contribution is 0.336. The van der Waals surface area contributed by atoms with E-state index >= 15 is 0 Å². The summed E-state index contributed by atoms with van der Waals surface area (Å²) < 4.78 is 18.3. The van der Waals surface area contributed by atoms with Gasteiger partial charge in [0.05, 0.1) is 18.4 Å². The number of allylic oxidation sites excluding steroid dienone is 1. The van der Waals surface area contributed by atoms with E-state index in [1.54, 1.807) is 18.2 Å². The Labute approximate surface area is 92.5 Å². The summed E-state index contributed by atoms with van der Waals surface area (Å²) in [5.41, 5.74) is 0.309. The zero-order valence-electron chi connectivity index (χ0n) is 8.13. The Bertz CT molecular complexity index is 423. The second-order valence-corrected chi connectivity index (χ2v) is 3.23. The van der Waals surface area contributed by atoms with Gasteiger partial charge in [-0.3, -0.25) is 0 Å². The molecule has 0 aliphatic rings. The zero-order valence-corrected chi connectivity index (χ0v) is 8.88. The van der Waals surface area contributed by atoms with Gasteiger partial charge >= 0.3 is 0 Å². The fourth-order valence-electron chi connectivity index (χ4n) is 1.13. The maximum absolute atomic E-state index is 13.6. The summed E-state index contributed by atoms with van der Waals surface area (Å²) in [6, 6.07) is 4.80. The molecule has 0 aromatic heterocycles. The average Bonchev–Trinajstić information content (AvgIpc) is 2.22. The highest BCUT2D eigenvalue weighted by Gasteiger charge is 2.10. The van der Waals surface area contributed by atoms with Crippen LogP contribution < -0.4 is 0 Å². The van der Waals surface area contributed by atoms with Crippen LogP contribution in [0.3, 0.4) is 0 Å². The van der Waals surface area contributed by atoms with Crippen molar-refractivity contribution in [2.45, 2.75) is 6.42 Å². The minimum absolute atomic E-state index is 0.111. The largest absolute Gasteiger partial charge is 0.505 e. The fourth-order valence-corrected chi connectivity index (χ4v) is 1.32. The highest BCUT2D eigenvalue weighted by Crippen LogP contribution is 2.21. The van der Waals surface area contributed by atoms with Crippen molar-refractivity contribution in [3.05, 3.63) is 46.4 Å². The predicted molar refractivity (Wildman–Crippen MR) is 56.0 cm³/mol. The monoisotopic (exact) mass is 225 g/mol. The molecule has 0 N–H and O–H groups in total. The van der Waals surface area contributed by atoms with Crippen molar-refractivity contribution in [2.24, 2.45) is 0 Å². The summed E-state index contributed by atoms with van der Waals surface area (Å²) in [6.45, 7) is 0. The SMILES string of the molecule is CO/C=C/Cc1ccc(Cl)c(C#N)c1F. The topological polar surface area (TPSA) is 33.0 Å². The molecular weight excluding hydrogens is 217 g/mol. The molecule has 0 fully saturated rings. The zero-order chi connectivity index (χ0) is 11.3.